The predicted octanol–water partition coefficient (Wildman–Crippen LogP) is 4.86. The Morgan fingerprint density at radius 2 is 1.53 bits per heavy atom. The lowest BCUT2D eigenvalue weighted by atomic mass is 10.1. The molecule has 4 rings (SSSR count). The van der Waals surface area contributed by atoms with E-state index in [0.29, 0.717) is 28.3 Å². The molecule has 0 bridgehead atoms. The molecule has 0 radical (unpaired) electrons. The van der Waals surface area contributed by atoms with Crippen molar-refractivity contribution in [1.82, 2.24) is 5.43 Å². The molecule has 194 valence electrons. The largest absolute Gasteiger partial charge is 0.497 e. The maximum absolute atomic E-state index is 13.5. The number of sulfonamides is 1. The first-order valence-corrected chi connectivity index (χ1v) is 13.1. The fourth-order valence-electron chi connectivity index (χ4n) is 3.71. The van der Waals surface area contributed by atoms with Gasteiger partial charge in [0.2, 0.25) is 0 Å². The lowest BCUT2D eigenvalue weighted by molar-refractivity contribution is 0.0955. The molecule has 8 nitrogen and oxygen atoms in total. The Morgan fingerprint density at radius 1 is 0.868 bits per heavy atom. The number of methoxy groups -OCH3 is 2. The molecule has 4 aromatic carbocycles. The van der Waals surface area contributed by atoms with Crippen molar-refractivity contribution >= 4 is 27.8 Å². The van der Waals surface area contributed by atoms with E-state index in [0.717, 1.165) is 5.56 Å². The third kappa shape index (κ3) is 6.19. The van der Waals surface area contributed by atoms with Crippen LogP contribution in [0, 0.1) is 0 Å². The smallest absolute Gasteiger partial charge is 0.271 e. The van der Waals surface area contributed by atoms with Crippen LogP contribution < -0.4 is 19.2 Å². The Bertz CT molecular complexity index is 1510. The van der Waals surface area contributed by atoms with E-state index in [2.05, 4.69) is 10.5 Å². The molecule has 0 saturated heterocycles. The third-order valence-corrected chi connectivity index (χ3v) is 7.52. The van der Waals surface area contributed by atoms with Gasteiger partial charge >= 0.3 is 0 Å². The van der Waals surface area contributed by atoms with Gasteiger partial charge in [0, 0.05) is 17.2 Å². The normalized spacial score (nSPS) is 11.2. The number of amides is 1. The maximum atomic E-state index is 13.5. The number of carbonyl (C=O) groups excluding carboxylic acids is 1. The quantitative estimate of drug-likeness (QED) is 0.234. The molecule has 1 amide bonds. The summed E-state index contributed by atoms with van der Waals surface area (Å²) in [6.07, 6.45) is 1.48. The SMILES string of the molecule is COc1ccc(/C=N\NC(=O)c2ccc(CN(c3ccccc3)S(=O)(=O)c3ccccc3)cc2)c(OC)c1. The van der Waals surface area contributed by atoms with E-state index < -0.39 is 15.9 Å². The van der Waals surface area contributed by atoms with Crippen LogP contribution >= 0.6 is 0 Å². The van der Waals surface area contributed by atoms with Gasteiger partial charge in [0.1, 0.15) is 11.5 Å². The van der Waals surface area contributed by atoms with Crippen molar-refractivity contribution in [2.24, 2.45) is 5.10 Å². The number of nitrogens with zero attached hydrogens (tertiary/aromatic N) is 2. The van der Waals surface area contributed by atoms with E-state index in [9.17, 15) is 13.2 Å². The van der Waals surface area contributed by atoms with Crippen LogP contribution in [0.15, 0.2) is 113 Å². The van der Waals surface area contributed by atoms with Gasteiger partial charge in [-0.3, -0.25) is 9.10 Å². The minimum atomic E-state index is -3.81. The molecule has 0 heterocycles. The van der Waals surface area contributed by atoms with Gasteiger partial charge in [0.15, 0.2) is 0 Å². The first kappa shape index (κ1) is 26.4. The molecular weight excluding hydrogens is 502 g/mol. The van der Waals surface area contributed by atoms with Gasteiger partial charge in [-0.05, 0) is 54.1 Å². The van der Waals surface area contributed by atoms with E-state index in [1.807, 2.05) is 6.07 Å². The van der Waals surface area contributed by atoms with E-state index in [1.165, 1.54) is 17.6 Å². The summed E-state index contributed by atoms with van der Waals surface area (Å²) in [5, 5.41) is 4.03. The number of benzene rings is 4. The van der Waals surface area contributed by atoms with E-state index in [-0.39, 0.29) is 11.4 Å². The van der Waals surface area contributed by atoms with Crippen molar-refractivity contribution in [3.05, 3.63) is 120 Å². The summed E-state index contributed by atoms with van der Waals surface area (Å²) < 4.78 is 38.8. The van der Waals surface area contributed by atoms with E-state index in [4.69, 9.17) is 9.47 Å². The first-order valence-electron chi connectivity index (χ1n) is 11.7. The summed E-state index contributed by atoms with van der Waals surface area (Å²) in [7, 11) is -0.708. The fourth-order valence-corrected chi connectivity index (χ4v) is 5.18. The number of anilines is 1. The summed E-state index contributed by atoms with van der Waals surface area (Å²) in [4.78, 5) is 12.8. The molecule has 0 saturated carbocycles. The second-order valence-electron chi connectivity index (χ2n) is 8.16. The van der Waals surface area contributed by atoms with Crippen molar-refractivity contribution in [3.63, 3.8) is 0 Å². The van der Waals surface area contributed by atoms with Gasteiger partial charge in [-0.15, -0.1) is 0 Å². The molecule has 0 spiro atoms. The number of hydrogen-bond donors (Lipinski definition) is 1. The summed E-state index contributed by atoms with van der Waals surface area (Å²) in [6, 6.07) is 29.2. The van der Waals surface area contributed by atoms with Crippen LogP contribution in [-0.2, 0) is 16.6 Å². The second-order valence-corrected chi connectivity index (χ2v) is 10.0. The van der Waals surface area contributed by atoms with Gasteiger partial charge in [0.25, 0.3) is 15.9 Å². The van der Waals surface area contributed by atoms with Crippen LogP contribution in [0.1, 0.15) is 21.5 Å². The molecule has 0 fully saturated rings. The first-order chi connectivity index (χ1) is 18.4. The minimum Gasteiger partial charge on any atom is -0.497 e. The highest BCUT2D eigenvalue weighted by Crippen LogP contribution is 2.26. The number of hydrogen-bond acceptors (Lipinski definition) is 6. The summed E-state index contributed by atoms with van der Waals surface area (Å²) in [5.74, 6) is 0.794. The van der Waals surface area contributed by atoms with Crippen LogP contribution in [0.3, 0.4) is 0 Å². The zero-order valence-electron chi connectivity index (χ0n) is 20.9. The van der Waals surface area contributed by atoms with Crippen molar-refractivity contribution in [3.8, 4) is 11.5 Å². The monoisotopic (exact) mass is 529 g/mol. The molecule has 0 aliphatic carbocycles. The van der Waals surface area contributed by atoms with Crippen LogP contribution in [0.5, 0.6) is 11.5 Å². The Morgan fingerprint density at radius 3 is 2.16 bits per heavy atom. The van der Waals surface area contributed by atoms with Gasteiger partial charge < -0.3 is 9.47 Å². The highest BCUT2D eigenvalue weighted by atomic mass is 32.2. The molecular formula is C29H27N3O5S. The van der Waals surface area contributed by atoms with Gasteiger partial charge in [-0.25, -0.2) is 13.8 Å². The number of para-hydroxylation sites is 1. The highest BCUT2D eigenvalue weighted by molar-refractivity contribution is 7.92. The predicted molar refractivity (Wildman–Crippen MR) is 147 cm³/mol. The molecule has 0 aliphatic heterocycles. The van der Waals surface area contributed by atoms with Gasteiger partial charge in [-0.2, -0.15) is 5.10 Å². The lowest BCUT2D eigenvalue weighted by Crippen LogP contribution is -2.30. The van der Waals surface area contributed by atoms with Gasteiger partial charge in [0.05, 0.1) is 37.6 Å². The van der Waals surface area contributed by atoms with Crippen molar-refractivity contribution in [2.45, 2.75) is 11.4 Å². The number of hydrazone groups is 1. The molecule has 0 aromatic heterocycles. The average molecular weight is 530 g/mol. The highest BCUT2D eigenvalue weighted by Gasteiger charge is 2.25. The average Bonchev–Trinajstić information content (AvgIpc) is 2.97. The molecule has 9 heteroatoms. The minimum absolute atomic E-state index is 0.0958. The summed E-state index contributed by atoms with van der Waals surface area (Å²) in [6.45, 7) is 0.0958. The standard InChI is InChI=1S/C29H27N3O5S/c1-36-26-18-17-24(28(19-26)37-2)20-30-31-29(33)23-15-13-22(14-16-23)21-32(25-9-5-3-6-10-25)38(34,35)27-11-7-4-8-12-27/h3-20H,21H2,1-2H3,(H,31,33)/b30-20-. The van der Waals surface area contributed by atoms with Gasteiger partial charge in [-0.1, -0.05) is 48.5 Å². The van der Waals surface area contributed by atoms with Crippen LogP contribution in [0.25, 0.3) is 0 Å². The number of ether oxygens (including phenoxy) is 2. The van der Waals surface area contributed by atoms with Crippen molar-refractivity contribution < 1.29 is 22.7 Å². The number of nitrogens with one attached hydrogen (secondary N) is 1. The van der Waals surface area contributed by atoms with E-state index >= 15 is 0 Å². The lowest BCUT2D eigenvalue weighted by Gasteiger charge is -2.24. The molecule has 1 N–H and O–H groups in total. The Labute approximate surface area is 222 Å². The maximum Gasteiger partial charge on any atom is 0.271 e. The third-order valence-electron chi connectivity index (χ3n) is 5.73. The van der Waals surface area contributed by atoms with Crippen molar-refractivity contribution in [1.29, 1.82) is 0 Å². The van der Waals surface area contributed by atoms with E-state index in [1.54, 1.807) is 104 Å². The second kappa shape index (κ2) is 12.1. The fraction of sp³-hybridized carbons (Fsp3) is 0.103. The molecule has 4 aromatic rings. The summed E-state index contributed by atoms with van der Waals surface area (Å²) >= 11 is 0. The molecule has 0 aliphatic rings. The Hall–Kier alpha value is -4.63. The van der Waals surface area contributed by atoms with Crippen LogP contribution in [0.2, 0.25) is 0 Å². The van der Waals surface area contributed by atoms with Crippen LogP contribution in [0.4, 0.5) is 5.69 Å². The zero-order valence-corrected chi connectivity index (χ0v) is 21.8. The Balaban J connectivity index is 1.49. The summed E-state index contributed by atoms with van der Waals surface area (Å²) in [5.41, 5.74) is 4.81. The number of rotatable bonds is 10. The van der Waals surface area contributed by atoms with Crippen LogP contribution in [-0.4, -0.2) is 34.8 Å². The number of carbonyl (C=O) groups is 1. The Kier molecular flexibility index (Phi) is 8.40. The molecule has 0 atom stereocenters. The topological polar surface area (TPSA) is 97.3 Å². The zero-order chi connectivity index (χ0) is 27.0. The molecule has 0 unspecified atom stereocenters. The molecule has 38 heavy (non-hydrogen) atoms. The van der Waals surface area contributed by atoms with Crippen molar-refractivity contribution in [2.75, 3.05) is 18.5 Å².